The van der Waals surface area contributed by atoms with Gasteiger partial charge in [0.25, 0.3) is 0 Å². The van der Waals surface area contributed by atoms with Crippen LogP contribution in [-0.4, -0.2) is 47.1 Å². The summed E-state index contributed by atoms with van der Waals surface area (Å²) in [7, 11) is 0. The molecule has 1 N–H and O–H groups in total. The van der Waals surface area contributed by atoms with Crippen molar-refractivity contribution in [2.45, 2.75) is 46.2 Å². The van der Waals surface area contributed by atoms with E-state index in [0.717, 1.165) is 43.5 Å². The number of anilines is 1. The van der Waals surface area contributed by atoms with Crippen LogP contribution in [0.25, 0.3) is 21.8 Å². The number of amides is 1. The zero-order valence-corrected chi connectivity index (χ0v) is 18.6. The first kappa shape index (κ1) is 21.4. The van der Waals surface area contributed by atoms with E-state index in [1.807, 2.05) is 19.9 Å². The van der Waals surface area contributed by atoms with Gasteiger partial charge in [-0.1, -0.05) is 18.2 Å². The second-order valence-electron chi connectivity index (χ2n) is 8.22. The van der Waals surface area contributed by atoms with Gasteiger partial charge in [0.05, 0.1) is 18.6 Å². The number of aryl methyl sites for hydroxylation is 1. The molecule has 0 saturated carbocycles. The summed E-state index contributed by atoms with van der Waals surface area (Å²) in [5.41, 5.74) is 3.20. The average Bonchev–Trinajstić information content (AvgIpc) is 3.12. The standard InChI is InChI=1S/C25H31N3O3/c1-4-28-22-9-7-6-8-20(22)21-16-19(10-11-23(21)28)26-24(29)17(3)27-14-12-18(13-15-27)25(30)31-5-2/h6-11,16-18H,4-5,12-15H2,1-3H3,(H,26,29). The molecule has 1 atom stereocenters. The van der Waals surface area contributed by atoms with Crippen molar-refractivity contribution >= 4 is 39.4 Å². The van der Waals surface area contributed by atoms with Gasteiger partial charge in [-0.05, 0) is 71.0 Å². The van der Waals surface area contributed by atoms with E-state index in [4.69, 9.17) is 4.74 Å². The highest BCUT2D eigenvalue weighted by Crippen LogP contribution is 2.31. The molecule has 1 aliphatic heterocycles. The molecule has 0 bridgehead atoms. The van der Waals surface area contributed by atoms with Crippen LogP contribution in [0.4, 0.5) is 5.69 Å². The van der Waals surface area contributed by atoms with E-state index in [2.05, 4.69) is 58.1 Å². The average molecular weight is 422 g/mol. The van der Waals surface area contributed by atoms with Crippen molar-refractivity contribution in [3.05, 3.63) is 42.5 Å². The number of rotatable bonds is 6. The maximum Gasteiger partial charge on any atom is 0.309 e. The number of esters is 1. The molecule has 1 amide bonds. The first-order valence-electron chi connectivity index (χ1n) is 11.3. The SMILES string of the molecule is CCOC(=O)C1CCN(C(C)C(=O)Nc2ccc3c(c2)c2ccccc2n3CC)CC1. The third-order valence-corrected chi connectivity index (χ3v) is 6.43. The Bertz CT molecular complexity index is 1100. The molecule has 4 rings (SSSR count). The minimum atomic E-state index is -0.254. The monoisotopic (exact) mass is 421 g/mol. The van der Waals surface area contributed by atoms with Gasteiger partial charge in [0.2, 0.25) is 5.91 Å². The fourth-order valence-corrected chi connectivity index (χ4v) is 4.67. The van der Waals surface area contributed by atoms with E-state index < -0.39 is 0 Å². The number of aromatic nitrogens is 1. The number of likely N-dealkylation sites (tertiary alicyclic amines) is 1. The highest BCUT2D eigenvalue weighted by molar-refractivity contribution is 6.10. The molecule has 3 aromatic rings. The molecule has 2 aromatic carbocycles. The fourth-order valence-electron chi connectivity index (χ4n) is 4.67. The number of para-hydroxylation sites is 1. The van der Waals surface area contributed by atoms with Gasteiger partial charge in [-0.2, -0.15) is 0 Å². The number of nitrogens with one attached hydrogen (secondary N) is 1. The van der Waals surface area contributed by atoms with Gasteiger partial charge in [0.15, 0.2) is 0 Å². The molecule has 1 fully saturated rings. The number of carbonyl (C=O) groups excluding carboxylic acids is 2. The van der Waals surface area contributed by atoms with Crippen molar-refractivity contribution in [3.8, 4) is 0 Å². The molecule has 31 heavy (non-hydrogen) atoms. The van der Waals surface area contributed by atoms with E-state index in [1.165, 1.54) is 16.4 Å². The Labute approximate surface area is 183 Å². The van der Waals surface area contributed by atoms with Crippen LogP contribution in [0.1, 0.15) is 33.6 Å². The van der Waals surface area contributed by atoms with E-state index in [9.17, 15) is 9.59 Å². The summed E-state index contributed by atoms with van der Waals surface area (Å²) in [6.07, 6.45) is 1.47. The van der Waals surface area contributed by atoms with E-state index >= 15 is 0 Å². The molecule has 0 spiro atoms. The van der Waals surface area contributed by atoms with Crippen molar-refractivity contribution in [1.82, 2.24) is 9.47 Å². The number of hydrogen-bond donors (Lipinski definition) is 1. The Kier molecular flexibility index (Phi) is 6.28. The predicted molar refractivity (Wildman–Crippen MR) is 124 cm³/mol. The van der Waals surface area contributed by atoms with E-state index in [0.29, 0.717) is 6.61 Å². The van der Waals surface area contributed by atoms with Crippen LogP contribution in [0.3, 0.4) is 0 Å². The largest absolute Gasteiger partial charge is 0.466 e. The summed E-state index contributed by atoms with van der Waals surface area (Å²) >= 11 is 0. The fraction of sp³-hybridized carbons (Fsp3) is 0.440. The lowest BCUT2D eigenvalue weighted by Crippen LogP contribution is -2.47. The number of hydrogen-bond acceptors (Lipinski definition) is 4. The van der Waals surface area contributed by atoms with Crippen LogP contribution >= 0.6 is 0 Å². The summed E-state index contributed by atoms with van der Waals surface area (Å²) in [6, 6.07) is 14.3. The molecule has 6 nitrogen and oxygen atoms in total. The Morgan fingerprint density at radius 2 is 1.77 bits per heavy atom. The first-order chi connectivity index (χ1) is 15.0. The molecule has 1 aliphatic rings. The van der Waals surface area contributed by atoms with Crippen molar-refractivity contribution in [2.75, 3.05) is 25.0 Å². The van der Waals surface area contributed by atoms with Crippen LogP contribution in [0.5, 0.6) is 0 Å². The molecule has 1 aromatic heterocycles. The van der Waals surface area contributed by atoms with Gasteiger partial charge in [-0.3, -0.25) is 14.5 Å². The van der Waals surface area contributed by atoms with Crippen LogP contribution in [-0.2, 0) is 20.9 Å². The quantitative estimate of drug-likeness (QED) is 0.599. The summed E-state index contributed by atoms with van der Waals surface area (Å²) in [5, 5.41) is 5.45. The van der Waals surface area contributed by atoms with E-state index in [-0.39, 0.29) is 23.8 Å². The Morgan fingerprint density at radius 3 is 2.48 bits per heavy atom. The second-order valence-corrected chi connectivity index (χ2v) is 8.22. The Hall–Kier alpha value is -2.86. The lowest BCUT2D eigenvalue weighted by Gasteiger charge is -2.34. The minimum Gasteiger partial charge on any atom is -0.466 e. The third-order valence-electron chi connectivity index (χ3n) is 6.43. The normalized spacial score (nSPS) is 16.5. The van der Waals surface area contributed by atoms with Gasteiger partial charge in [-0.25, -0.2) is 0 Å². The summed E-state index contributed by atoms with van der Waals surface area (Å²) in [5.74, 6) is -0.184. The third kappa shape index (κ3) is 4.17. The Morgan fingerprint density at radius 1 is 1.06 bits per heavy atom. The van der Waals surface area contributed by atoms with Crippen molar-refractivity contribution in [1.29, 1.82) is 0 Å². The van der Waals surface area contributed by atoms with Gasteiger partial charge in [0.1, 0.15) is 0 Å². The molecule has 2 heterocycles. The summed E-state index contributed by atoms with van der Waals surface area (Å²) in [6.45, 7) is 8.67. The number of benzene rings is 2. The number of fused-ring (bicyclic) bond motifs is 3. The summed E-state index contributed by atoms with van der Waals surface area (Å²) in [4.78, 5) is 27.0. The van der Waals surface area contributed by atoms with Gasteiger partial charge < -0.3 is 14.6 Å². The lowest BCUT2D eigenvalue weighted by molar-refractivity contribution is -0.149. The maximum atomic E-state index is 12.9. The van der Waals surface area contributed by atoms with Crippen LogP contribution < -0.4 is 5.32 Å². The zero-order chi connectivity index (χ0) is 22.0. The topological polar surface area (TPSA) is 63.6 Å². The van der Waals surface area contributed by atoms with Gasteiger partial charge in [0, 0.05) is 34.0 Å². The highest BCUT2D eigenvalue weighted by atomic mass is 16.5. The first-order valence-corrected chi connectivity index (χ1v) is 11.3. The second kappa shape index (κ2) is 9.10. The maximum absolute atomic E-state index is 12.9. The van der Waals surface area contributed by atoms with Crippen LogP contribution in [0.2, 0.25) is 0 Å². The van der Waals surface area contributed by atoms with Crippen molar-refractivity contribution in [3.63, 3.8) is 0 Å². The number of ether oxygens (including phenoxy) is 1. The predicted octanol–water partition coefficient (Wildman–Crippen LogP) is 4.42. The molecular weight excluding hydrogens is 390 g/mol. The van der Waals surface area contributed by atoms with Gasteiger partial charge in [-0.15, -0.1) is 0 Å². The van der Waals surface area contributed by atoms with Crippen LogP contribution in [0.15, 0.2) is 42.5 Å². The molecule has 164 valence electrons. The van der Waals surface area contributed by atoms with Gasteiger partial charge >= 0.3 is 5.97 Å². The molecular formula is C25H31N3O3. The lowest BCUT2D eigenvalue weighted by atomic mass is 9.96. The highest BCUT2D eigenvalue weighted by Gasteiger charge is 2.30. The molecule has 0 radical (unpaired) electrons. The smallest absolute Gasteiger partial charge is 0.309 e. The van der Waals surface area contributed by atoms with E-state index in [1.54, 1.807) is 0 Å². The van der Waals surface area contributed by atoms with Crippen molar-refractivity contribution < 1.29 is 14.3 Å². The molecule has 1 saturated heterocycles. The number of piperidine rings is 1. The van der Waals surface area contributed by atoms with Crippen molar-refractivity contribution in [2.24, 2.45) is 5.92 Å². The number of nitrogens with zero attached hydrogens (tertiary/aromatic N) is 2. The molecule has 6 heteroatoms. The molecule has 0 aliphatic carbocycles. The summed E-state index contributed by atoms with van der Waals surface area (Å²) < 4.78 is 7.44. The molecule has 1 unspecified atom stereocenters. The number of carbonyl (C=O) groups is 2. The Balaban J connectivity index is 1.46. The minimum absolute atomic E-state index is 0.0202. The van der Waals surface area contributed by atoms with Crippen LogP contribution in [0, 0.1) is 5.92 Å². The zero-order valence-electron chi connectivity index (χ0n) is 18.6.